The monoisotopic (exact) mass is 491 g/mol. The molecule has 0 saturated carbocycles. The van der Waals surface area contributed by atoms with E-state index in [0.717, 1.165) is 11.1 Å². The fraction of sp³-hybridized carbons (Fsp3) is 0.222. The number of nitrogens with zero attached hydrogens (tertiary/aromatic N) is 1. The molecule has 7 nitrogen and oxygen atoms in total. The summed E-state index contributed by atoms with van der Waals surface area (Å²) in [5.41, 5.74) is 8.96. The van der Waals surface area contributed by atoms with Crippen LogP contribution >= 0.6 is 12.2 Å². The number of benzene rings is 3. The lowest BCUT2D eigenvalue weighted by Gasteiger charge is -2.28. The zero-order valence-electron chi connectivity index (χ0n) is 19.6. The van der Waals surface area contributed by atoms with Crippen LogP contribution < -0.4 is 11.1 Å². The summed E-state index contributed by atoms with van der Waals surface area (Å²) in [7, 11) is 0. The molecular formula is C27H29N3O4S. The lowest BCUT2D eigenvalue weighted by Crippen LogP contribution is -2.47. The SMILES string of the molecule is C[C@@H](C(=S)Nc1ccccc1N)N(CC(=O)OCc1ccccc1)CC(=O)OCc1ccccc1. The molecule has 182 valence electrons. The molecule has 0 aliphatic heterocycles. The zero-order chi connectivity index (χ0) is 25.0. The summed E-state index contributed by atoms with van der Waals surface area (Å²) in [5.74, 6) is -0.947. The lowest BCUT2D eigenvalue weighted by atomic mass is 10.2. The number of hydrogen-bond donors (Lipinski definition) is 2. The van der Waals surface area contributed by atoms with E-state index in [1.54, 1.807) is 17.0 Å². The van der Waals surface area contributed by atoms with Crippen molar-refractivity contribution in [3.8, 4) is 0 Å². The van der Waals surface area contributed by atoms with Gasteiger partial charge in [-0.25, -0.2) is 0 Å². The minimum atomic E-state index is -0.474. The van der Waals surface area contributed by atoms with Gasteiger partial charge in [-0.15, -0.1) is 0 Å². The van der Waals surface area contributed by atoms with E-state index in [0.29, 0.717) is 16.4 Å². The molecule has 0 aromatic heterocycles. The first-order chi connectivity index (χ1) is 16.9. The standard InChI is InChI=1S/C27H29N3O4S/c1-20(27(35)29-24-15-9-8-14-23(24)28)30(16-25(31)33-18-21-10-4-2-5-11-21)17-26(32)34-19-22-12-6-3-7-13-22/h2-15,20H,16-19,28H2,1H3,(H,29,35)/t20-/m0/s1. The average Bonchev–Trinajstić information content (AvgIpc) is 2.88. The number of ether oxygens (including phenoxy) is 2. The van der Waals surface area contributed by atoms with Gasteiger partial charge in [-0.1, -0.05) is 85.0 Å². The topological polar surface area (TPSA) is 93.9 Å². The van der Waals surface area contributed by atoms with E-state index in [1.165, 1.54) is 0 Å². The third-order valence-electron chi connectivity index (χ3n) is 5.30. The molecule has 0 saturated heterocycles. The van der Waals surface area contributed by atoms with E-state index >= 15 is 0 Å². The van der Waals surface area contributed by atoms with Gasteiger partial charge in [0.1, 0.15) is 13.2 Å². The number of thiocarbonyl (C=S) groups is 1. The fourth-order valence-electron chi connectivity index (χ4n) is 3.24. The summed E-state index contributed by atoms with van der Waals surface area (Å²) in [6.07, 6.45) is 0. The van der Waals surface area contributed by atoms with Crippen LogP contribution in [-0.4, -0.2) is 41.0 Å². The molecule has 3 aromatic carbocycles. The normalized spacial score (nSPS) is 11.5. The maximum Gasteiger partial charge on any atom is 0.320 e. The van der Waals surface area contributed by atoms with Crippen LogP contribution in [0.25, 0.3) is 0 Å². The Bertz CT molecular complexity index is 1070. The quantitative estimate of drug-likeness (QED) is 0.234. The summed E-state index contributed by atoms with van der Waals surface area (Å²) < 4.78 is 10.8. The Morgan fingerprint density at radius 1 is 0.829 bits per heavy atom. The molecule has 0 radical (unpaired) electrons. The molecule has 0 amide bonds. The van der Waals surface area contributed by atoms with E-state index in [4.69, 9.17) is 27.4 Å². The summed E-state index contributed by atoms with van der Waals surface area (Å²) in [4.78, 5) is 27.3. The number of carbonyl (C=O) groups excluding carboxylic acids is 2. The van der Waals surface area contributed by atoms with Crippen molar-refractivity contribution in [3.63, 3.8) is 0 Å². The summed E-state index contributed by atoms with van der Waals surface area (Å²) >= 11 is 5.57. The van der Waals surface area contributed by atoms with Gasteiger partial charge < -0.3 is 20.5 Å². The molecule has 0 aliphatic rings. The van der Waals surface area contributed by atoms with E-state index in [9.17, 15) is 9.59 Å². The van der Waals surface area contributed by atoms with Crippen LogP contribution in [0.3, 0.4) is 0 Å². The van der Waals surface area contributed by atoms with Crippen molar-refractivity contribution < 1.29 is 19.1 Å². The molecule has 0 spiro atoms. The first kappa shape index (κ1) is 25.9. The highest BCUT2D eigenvalue weighted by atomic mass is 32.1. The molecule has 0 fully saturated rings. The minimum Gasteiger partial charge on any atom is -0.460 e. The fourth-order valence-corrected chi connectivity index (χ4v) is 3.50. The number of para-hydroxylation sites is 2. The Kier molecular flexibility index (Phi) is 9.77. The van der Waals surface area contributed by atoms with E-state index in [2.05, 4.69) is 5.32 Å². The van der Waals surface area contributed by atoms with Crippen LogP contribution in [0.1, 0.15) is 18.1 Å². The van der Waals surface area contributed by atoms with Gasteiger partial charge in [-0.2, -0.15) is 0 Å². The van der Waals surface area contributed by atoms with Crippen LogP contribution in [0.2, 0.25) is 0 Å². The van der Waals surface area contributed by atoms with Gasteiger partial charge >= 0.3 is 11.9 Å². The highest BCUT2D eigenvalue weighted by Gasteiger charge is 2.25. The summed E-state index contributed by atoms with van der Waals surface area (Å²) in [6, 6.07) is 25.5. The average molecular weight is 492 g/mol. The highest BCUT2D eigenvalue weighted by molar-refractivity contribution is 7.80. The van der Waals surface area contributed by atoms with Crippen molar-refractivity contribution >= 4 is 40.5 Å². The van der Waals surface area contributed by atoms with Crippen LogP contribution in [0.15, 0.2) is 84.9 Å². The molecule has 3 rings (SSSR count). The van der Waals surface area contributed by atoms with Gasteiger partial charge in [0.2, 0.25) is 0 Å². The van der Waals surface area contributed by atoms with Crippen molar-refractivity contribution in [2.24, 2.45) is 0 Å². The molecular weight excluding hydrogens is 462 g/mol. The molecule has 1 atom stereocenters. The second kappa shape index (κ2) is 13.2. The molecule has 0 bridgehead atoms. The number of rotatable bonds is 11. The molecule has 3 aromatic rings. The number of anilines is 2. The van der Waals surface area contributed by atoms with Crippen LogP contribution in [0.5, 0.6) is 0 Å². The van der Waals surface area contributed by atoms with Crippen molar-refractivity contribution in [2.75, 3.05) is 24.1 Å². The Balaban J connectivity index is 1.64. The number of nitrogens with one attached hydrogen (secondary N) is 1. The van der Waals surface area contributed by atoms with E-state index in [1.807, 2.05) is 79.7 Å². The van der Waals surface area contributed by atoms with Crippen LogP contribution in [0.4, 0.5) is 11.4 Å². The van der Waals surface area contributed by atoms with Crippen LogP contribution in [0, 0.1) is 0 Å². The summed E-state index contributed by atoms with van der Waals surface area (Å²) in [6.45, 7) is 1.82. The highest BCUT2D eigenvalue weighted by Crippen LogP contribution is 2.18. The van der Waals surface area contributed by atoms with Gasteiger partial charge in [0.05, 0.1) is 35.5 Å². The van der Waals surface area contributed by atoms with Crippen LogP contribution in [-0.2, 0) is 32.3 Å². The number of hydrogen-bond acceptors (Lipinski definition) is 7. The summed E-state index contributed by atoms with van der Waals surface area (Å²) in [5, 5.41) is 3.11. The predicted molar refractivity (Wildman–Crippen MR) is 141 cm³/mol. The third-order valence-corrected chi connectivity index (χ3v) is 5.74. The largest absolute Gasteiger partial charge is 0.460 e. The first-order valence-electron chi connectivity index (χ1n) is 11.2. The Morgan fingerprint density at radius 2 is 1.29 bits per heavy atom. The van der Waals surface area contributed by atoms with Crippen molar-refractivity contribution in [1.82, 2.24) is 4.90 Å². The van der Waals surface area contributed by atoms with E-state index < -0.39 is 18.0 Å². The minimum absolute atomic E-state index is 0.138. The van der Waals surface area contributed by atoms with Gasteiger partial charge in [0, 0.05) is 0 Å². The van der Waals surface area contributed by atoms with Crippen molar-refractivity contribution in [2.45, 2.75) is 26.2 Å². The number of nitrogens with two attached hydrogens (primary N) is 1. The second-order valence-corrected chi connectivity index (χ2v) is 8.39. The molecule has 0 unspecified atom stereocenters. The van der Waals surface area contributed by atoms with Crippen molar-refractivity contribution in [3.05, 3.63) is 96.1 Å². The van der Waals surface area contributed by atoms with Gasteiger partial charge in [0.15, 0.2) is 0 Å². The number of esters is 2. The Labute approximate surface area is 210 Å². The molecule has 3 N–H and O–H groups in total. The van der Waals surface area contributed by atoms with Gasteiger partial charge in [0.25, 0.3) is 0 Å². The Hall–Kier alpha value is -3.75. The first-order valence-corrected chi connectivity index (χ1v) is 11.6. The van der Waals surface area contributed by atoms with E-state index in [-0.39, 0.29) is 26.3 Å². The lowest BCUT2D eigenvalue weighted by molar-refractivity contribution is -0.150. The molecule has 0 aliphatic carbocycles. The van der Waals surface area contributed by atoms with Crippen molar-refractivity contribution in [1.29, 1.82) is 0 Å². The third kappa shape index (κ3) is 8.51. The zero-order valence-corrected chi connectivity index (χ0v) is 20.4. The van der Waals surface area contributed by atoms with Gasteiger partial charge in [-0.3, -0.25) is 14.5 Å². The number of carbonyl (C=O) groups is 2. The molecule has 8 heteroatoms. The second-order valence-electron chi connectivity index (χ2n) is 7.95. The molecule has 35 heavy (non-hydrogen) atoms. The maximum absolute atomic E-state index is 12.6. The predicted octanol–water partition coefficient (Wildman–Crippen LogP) is 4.19. The molecule has 0 heterocycles. The number of nitrogen functional groups attached to an aromatic ring is 1. The maximum atomic E-state index is 12.6. The van der Waals surface area contributed by atoms with Gasteiger partial charge in [-0.05, 0) is 30.2 Å². The Morgan fingerprint density at radius 3 is 1.77 bits per heavy atom. The smallest absolute Gasteiger partial charge is 0.320 e.